The molecule has 0 bridgehead atoms. The van der Waals surface area contributed by atoms with E-state index in [9.17, 15) is 4.39 Å². The number of anilines is 3. The summed E-state index contributed by atoms with van der Waals surface area (Å²) in [5.41, 5.74) is 2.82. The van der Waals surface area contributed by atoms with Gasteiger partial charge in [0, 0.05) is 30.7 Å². The van der Waals surface area contributed by atoms with Crippen LogP contribution in [0.1, 0.15) is 0 Å². The summed E-state index contributed by atoms with van der Waals surface area (Å²) in [4.78, 5) is 13.0. The Morgan fingerprint density at radius 1 is 0.725 bits per heavy atom. The van der Waals surface area contributed by atoms with Crippen LogP contribution < -0.4 is 15.4 Å². The lowest BCUT2D eigenvalue weighted by atomic mass is 10.0. The summed E-state index contributed by atoms with van der Waals surface area (Å²) in [6.45, 7) is 0. The molecule has 0 saturated carbocycles. The van der Waals surface area contributed by atoms with Gasteiger partial charge in [0.05, 0.1) is 22.0 Å². The molecule has 0 atom stereocenters. The maximum atomic E-state index is 15.0. The van der Waals surface area contributed by atoms with Crippen molar-refractivity contribution in [1.82, 2.24) is 25.1 Å². The summed E-state index contributed by atoms with van der Waals surface area (Å²) < 4.78 is 36.1. The molecular formula is C30H21F2N7O. The van der Waals surface area contributed by atoms with E-state index in [1.807, 2.05) is 12.1 Å². The molecular weight excluding hydrogens is 512 g/mol. The first-order chi connectivity index (χ1) is 19.6. The van der Waals surface area contributed by atoms with Gasteiger partial charge >= 0.3 is 0 Å². The van der Waals surface area contributed by atoms with E-state index in [1.165, 1.54) is 0 Å². The zero-order valence-corrected chi connectivity index (χ0v) is 21.1. The number of halogens is 2. The lowest BCUT2D eigenvalue weighted by Crippen LogP contribution is -2.02. The number of pyridine rings is 1. The van der Waals surface area contributed by atoms with Crippen molar-refractivity contribution in [2.45, 2.75) is 0 Å². The van der Waals surface area contributed by atoms with E-state index in [2.05, 4.69) is 35.8 Å². The molecule has 6 rings (SSSR count). The van der Waals surface area contributed by atoms with Gasteiger partial charge in [-0.2, -0.15) is 0 Å². The molecule has 0 aliphatic carbocycles. The predicted octanol–water partition coefficient (Wildman–Crippen LogP) is 7.00. The molecule has 40 heavy (non-hydrogen) atoms. The fraction of sp³-hybridized carbons (Fsp3) is 0.0333. The highest BCUT2D eigenvalue weighted by atomic mass is 19.1. The Labute approximate surface area is 227 Å². The normalized spacial score (nSPS) is 10.9. The molecule has 3 aromatic heterocycles. The number of nitrogens with zero attached hydrogens (tertiary/aromatic N) is 5. The second-order valence-electron chi connectivity index (χ2n) is 8.67. The van der Waals surface area contributed by atoms with E-state index in [4.69, 9.17) is 4.74 Å². The second kappa shape index (κ2) is 10.7. The van der Waals surface area contributed by atoms with Crippen LogP contribution in [0.15, 0.2) is 97.3 Å². The Bertz CT molecular complexity index is 1820. The van der Waals surface area contributed by atoms with Crippen molar-refractivity contribution >= 4 is 28.2 Å². The number of hydrogen-bond donors (Lipinski definition) is 2. The maximum absolute atomic E-state index is 15.0. The van der Waals surface area contributed by atoms with Crippen molar-refractivity contribution in [3.63, 3.8) is 0 Å². The van der Waals surface area contributed by atoms with Gasteiger partial charge in [0.15, 0.2) is 5.82 Å². The zero-order valence-electron chi connectivity index (χ0n) is 21.1. The van der Waals surface area contributed by atoms with Gasteiger partial charge in [-0.1, -0.05) is 30.3 Å². The lowest BCUT2D eigenvalue weighted by Gasteiger charge is -2.13. The van der Waals surface area contributed by atoms with Gasteiger partial charge in [-0.3, -0.25) is 0 Å². The minimum atomic E-state index is -0.611. The highest BCUT2D eigenvalue weighted by Gasteiger charge is 2.19. The molecule has 2 N–H and O–H groups in total. The van der Waals surface area contributed by atoms with Crippen LogP contribution in [0.4, 0.5) is 26.2 Å². The van der Waals surface area contributed by atoms with E-state index in [0.717, 1.165) is 12.1 Å². The number of aromatic nitrogens is 5. The Kier molecular flexibility index (Phi) is 6.63. The lowest BCUT2D eigenvalue weighted by molar-refractivity contribution is 0.465. The second-order valence-corrected chi connectivity index (χ2v) is 8.67. The summed E-state index contributed by atoms with van der Waals surface area (Å²) in [7, 11) is 1.74. The first-order valence-electron chi connectivity index (χ1n) is 12.3. The van der Waals surface area contributed by atoms with Gasteiger partial charge in [0.1, 0.15) is 23.1 Å². The zero-order chi connectivity index (χ0) is 27.5. The summed E-state index contributed by atoms with van der Waals surface area (Å²) in [5, 5.41) is 14.5. The molecule has 10 heteroatoms. The average molecular weight is 534 g/mol. The predicted molar refractivity (Wildman–Crippen MR) is 149 cm³/mol. The summed E-state index contributed by atoms with van der Waals surface area (Å²) in [6.07, 6.45) is 3.28. The van der Waals surface area contributed by atoms with Gasteiger partial charge in [-0.15, -0.1) is 10.2 Å². The molecule has 0 saturated heterocycles. The smallest absolute Gasteiger partial charge is 0.228 e. The van der Waals surface area contributed by atoms with E-state index < -0.39 is 11.6 Å². The quantitative estimate of drug-likeness (QED) is 0.226. The topological polar surface area (TPSA) is 97.7 Å². The van der Waals surface area contributed by atoms with Crippen LogP contribution in [0.3, 0.4) is 0 Å². The van der Waals surface area contributed by atoms with Crippen LogP contribution in [0, 0.1) is 11.6 Å². The van der Waals surface area contributed by atoms with E-state index in [1.54, 1.807) is 80.1 Å². The Morgan fingerprint density at radius 2 is 1.50 bits per heavy atom. The van der Waals surface area contributed by atoms with Gasteiger partial charge in [0.25, 0.3) is 0 Å². The fourth-order valence-corrected chi connectivity index (χ4v) is 4.25. The third-order valence-corrected chi connectivity index (χ3v) is 6.13. The third kappa shape index (κ3) is 4.85. The Morgan fingerprint density at radius 3 is 2.27 bits per heavy atom. The van der Waals surface area contributed by atoms with Crippen LogP contribution in [0.5, 0.6) is 11.6 Å². The molecule has 3 aromatic carbocycles. The standard InChI is InChI=1S/C30H21F2N7O/c1-33-30-35-17-15-24(37-30)21-8-5-16-34-29(21)40-20-11-9-19(10-12-20)36-28-26-23(32)14-13-22(31)25(26)27(38-39-28)18-6-3-2-4-7-18/h2-17H,1H3,(H,36,39)(H,33,35,37). The highest BCUT2D eigenvalue weighted by Crippen LogP contribution is 2.35. The van der Waals surface area contributed by atoms with Crippen molar-refractivity contribution < 1.29 is 13.5 Å². The summed E-state index contributed by atoms with van der Waals surface area (Å²) in [6, 6.07) is 23.5. The largest absolute Gasteiger partial charge is 0.438 e. The van der Waals surface area contributed by atoms with E-state index >= 15 is 4.39 Å². The number of ether oxygens (including phenoxy) is 1. The van der Waals surface area contributed by atoms with E-state index in [-0.39, 0.29) is 22.3 Å². The molecule has 0 amide bonds. The molecule has 0 aliphatic rings. The van der Waals surface area contributed by atoms with Crippen LogP contribution >= 0.6 is 0 Å². The molecule has 8 nitrogen and oxygen atoms in total. The first-order valence-corrected chi connectivity index (χ1v) is 12.3. The van der Waals surface area contributed by atoms with Gasteiger partial charge < -0.3 is 15.4 Å². The first kappa shape index (κ1) is 24.8. The van der Waals surface area contributed by atoms with Crippen molar-refractivity contribution in [2.75, 3.05) is 17.7 Å². The van der Waals surface area contributed by atoms with E-state index in [0.29, 0.717) is 40.1 Å². The number of nitrogens with one attached hydrogen (secondary N) is 2. The monoisotopic (exact) mass is 533 g/mol. The van der Waals surface area contributed by atoms with Crippen molar-refractivity contribution in [3.05, 3.63) is 109 Å². The molecule has 0 fully saturated rings. The van der Waals surface area contributed by atoms with Gasteiger partial charge in [-0.25, -0.2) is 23.7 Å². The highest BCUT2D eigenvalue weighted by molar-refractivity contribution is 6.01. The van der Waals surface area contributed by atoms with Crippen molar-refractivity contribution in [3.8, 4) is 34.1 Å². The fourth-order valence-electron chi connectivity index (χ4n) is 4.25. The van der Waals surface area contributed by atoms with Crippen LogP contribution in [0.25, 0.3) is 33.3 Å². The van der Waals surface area contributed by atoms with Gasteiger partial charge in [0.2, 0.25) is 11.8 Å². The third-order valence-electron chi connectivity index (χ3n) is 6.13. The Balaban J connectivity index is 1.29. The number of benzene rings is 3. The Hall–Kier alpha value is -5.51. The molecule has 0 spiro atoms. The van der Waals surface area contributed by atoms with Crippen LogP contribution in [0.2, 0.25) is 0 Å². The number of rotatable bonds is 7. The molecule has 0 aliphatic heterocycles. The summed E-state index contributed by atoms with van der Waals surface area (Å²) in [5.74, 6) is 0.257. The molecule has 0 unspecified atom stereocenters. The molecule has 3 heterocycles. The van der Waals surface area contributed by atoms with Crippen LogP contribution in [-0.4, -0.2) is 32.2 Å². The average Bonchev–Trinajstić information content (AvgIpc) is 3.00. The van der Waals surface area contributed by atoms with Gasteiger partial charge in [-0.05, 0) is 54.6 Å². The van der Waals surface area contributed by atoms with Crippen molar-refractivity contribution in [2.24, 2.45) is 0 Å². The SMILES string of the molecule is CNc1nccc(-c2cccnc2Oc2ccc(Nc3nnc(-c4ccccc4)c4c(F)ccc(F)c34)cc2)n1. The molecule has 0 radical (unpaired) electrons. The molecule has 6 aromatic rings. The van der Waals surface area contributed by atoms with Crippen LogP contribution in [-0.2, 0) is 0 Å². The number of fused-ring (bicyclic) bond motifs is 1. The molecule has 196 valence electrons. The minimum Gasteiger partial charge on any atom is -0.438 e. The summed E-state index contributed by atoms with van der Waals surface area (Å²) >= 11 is 0. The minimum absolute atomic E-state index is 0.0121. The van der Waals surface area contributed by atoms with Crippen molar-refractivity contribution in [1.29, 1.82) is 0 Å². The number of hydrogen-bond acceptors (Lipinski definition) is 8. The maximum Gasteiger partial charge on any atom is 0.228 e.